The molecule has 0 saturated heterocycles. The summed E-state index contributed by atoms with van der Waals surface area (Å²) in [4.78, 5) is 10.0. The van der Waals surface area contributed by atoms with E-state index < -0.39 is 0 Å². The van der Waals surface area contributed by atoms with Crippen LogP contribution in [0.2, 0.25) is 0 Å². The molecule has 1 aromatic heterocycles. The molecule has 0 unspecified atom stereocenters. The van der Waals surface area contributed by atoms with Crippen molar-refractivity contribution in [3.63, 3.8) is 0 Å². The van der Waals surface area contributed by atoms with Crippen molar-refractivity contribution in [3.8, 4) is 5.75 Å². The highest BCUT2D eigenvalue weighted by Crippen LogP contribution is 2.32. The average molecular weight is 290 g/mol. The number of nitrogens with zero attached hydrogens (tertiary/aromatic N) is 2. The number of hydrogen-bond acceptors (Lipinski definition) is 6. The first-order valence-corrected chi connectivity index (χ1v) is 7.15. The van der Waals surface area contributed by atoms with Crippen molar-refractivity contribution in [1.82, 2.24) is 9.97 Å². The molecule has 0 atom stereocenters. The maximum atomic E-state index is 5.51. The van der Waals surface area contributed by atoms with Crippen molar-refractivity contribution in [2.75, 3.05) is 12.5 Å². The lowest BCUT2D eigenvalue weighted by molar-refractivity contribution is 0.414. The highest BCUT2D eigenvalue weighted by Gasteiger charge is 2.11. The molecule has 0 aliphatic heterocycles. The van der Waals surface area contributed by atoms with Gasteiger partial charge in [0.15, 0.2) is 0 Å². The second-order valence-electron chi connectivity index (χ2n) is 4.19. The fourth-order valence-electron chi connectivity index (χ4n) is 1.69. The number of nitrogens with two attached hydrogens (primary N) is 1. The third-order valence-electron chi connectivity index (χ3n) is 2.87. The molecule has 20 heavy (non-hydrogen) atoms. The first-order valence-electron chi connectivity index (χ1n) is 6.34. The number of ether oxygens (including phenoxy) is 1. The fourth-order valence-corrected chi connectivity index (χ4v) is 2.59. The number of methoxy groups -OCH3 is 1. The van der Waals surface area contributed by atoms with Gasteiger partial charge in [0.25, 0.3) is 0 Å². The Hall–Kier alpha value is -1.79. The van der Waals surface area contributed by atoms with E-state index in [2.05, 4.69) is 15.4 Å². The summed E-state index contributed by atoms with van der Waals surface area (Å²) in [5.41, 5.74) is 3.58. The largest absolute Gasteiger partial charge is 0.497 e. The molecule has 0 spiro atoms. The van der Waals surface area contributed by atoms with Crippen LogP contribution >= 0.6 is 11.8 Å². The molecule has 0 saturated carbocycles. The molecule has 6 heteroatoms. The molecule has 0 aliphatic rings. The van der Waals surface area contributed by atoms with Gasteiger partial charge in [0.1, 0.15) is 22.4 Å². The third-order valence-corrected chi connectivity index (χ3v) is 3.97. The van der Waals surface area contributed by atoms with E-state index in [-0.39, 0.29) is 0 Å². The van der Waals surface area contributed by atoms with Crippen molar-refractivity contribution in [2.45, 2.75) is 30.2 Å². The quantitative estimate of drug-likeness (QED) is 0.501. The number of hydrogen-bond donors (Lipinski definition) is 2. The zero-order valence-electron chi connectivity index (χ0n) is 11.8. The summed E-state index contributed by atoms with van der Waals surface area (Å²) in [5.74, 6) is 7.80. The molecule has 3 N–H and O–H groups in total. The van der Waals surface area contributed by atoms with Gasteiger partial charge in [-0.3, -0.25) is 0 Å². The first kappa shape index (κ1) is 14.6. The Bertz CT molecular complexity index is 586. The number of nitrogens with one attached hydrogen (secondary N) is 1. The zero-order valence-corrected chi connectivity index (χ0v) is 12.6. The number of nitrogen functional groups attached to an aromatic ring is 1. The van der Waals surface area contributed by atoms with Gasteiger partial charge < -0.3 is 10.2 Å². The summed E-state index contributed by atoms with van der Waals surface area (Å²) in [7, 11) is 1.66. The van der Waals surface area contributed by atoms with Crippen molar-refractivity contribution >= 4 is 17.6 Å². The van der Waals surface area contributed by atoms with Crippen LogP contribution in [0.15, 0.2) is 34.2 Å². The molecule has 2 aromatic rings. The van der Waals surface area contributed by atoms with E-state index in [0.717, 1.165) is 33.5 Å². The number of hydrazine groups is 1. The van der Waals surface area contributed by atoms with Gasteiger partial charge in [0, 0.05) is 16.9 Å². The summed E-state index contributed by atoms with van der Waals surface area (Å²) in [5, 5.41) is 0.912. The molecule has 5 nitrogen and oxygen atoms in total. The lowest BCUT2D eigenvalue weighted by atomic mass is 10.3. The molecular formula is C14H18N4OS. The van der Waals surface area contributed by atoms with Crippen LogP contribution in [0.1, 0.15) is 18.3 Å². The third kappa shape index (κ3) is 3.20. The normalized spacial score (nSPS) is 10.4. The molecule has 0 amide bonds. The van der Waals surface area contributed by atoms with E-state index in [4.69, 9.17) is 10.6 Å². The minimum atomic E-state index is 0.674. The molecule has 0 fully saturated rings. The van der Waals surface area contributed by atoms with Crippen LogP contribution in [0.3, 0.4) is 0 Å². The molecule has 1 heterocycles. The molecule has 0 aliphatic carbocycles. The van der Waals surface area contributed by atoms with Crippen molar-refractivity contribution < 1.29 is 4.74 Å². The second-order valence-corrected chi connectivity index (χ2v) is 5.26. The number of rotatable bonds is 5. The Morgan fingerprint density at radius 2 is 1.95 bits per heavy atom. The van der Waals surface area contributed by atoms with E-state index in [1.807, 2.05) is 38.1 Å². The standard InChI is InChI=1S/C14H18N4OS/c1-4-12-16-13(18-15)9(2)14(17-12)20-11-7-5-10(19-3)6-8-11/h5-8H,4,15H2,1-3H3,(H,16,17,18). The smallest absolute Gasteiger partial charge is 0.147 e. The van der Waals surface area contributed by atoms with Gasteiger partial charge >= 0.3 is 0 Å². The van der Waals surface area contributed by atoms with E-state index >= 15 is 0 Å². The van der Waals surface area contributed by atoms with Crippen LogP contribution < -0.4 is 16.0 Å². The van der Waals surface area contributed by atoms with Crippen LogP contribution in [0.5, 0.6) is 5.75 Å². The predicted octanol–water partition coefficient (Wildman–Crippen LogP) is 2.79. The van der Waals surface area contributed by atoms with Crippen LogP contribution in [0.25, 0.3) is 0 Å². The Labute approximate surface area is 122 Å². The van der Waals surface area contributed by atoms with Crippen LogP contribution in [0, 0.1) is 6.92 Å². The van der Waals surface area contributed by atoms with Gasteiger partial charge in [-0.25, -0.2) is 15.8 Å². The second kappa shape index (κ2) is 6.58. The molecule has 1 aromatic carbocycles. The van der Waals surface area contributed by atoms with E-state index in [1.165, 1.54) is 0 Å². The van der Waals surface area contributed by atoms with Crippen LogP contribution in [-0.2, 0) is 6.42 Å². The number of aromatic nitrogens is 2. The Morgan fingerprint density at radius 1 is 1.25 bits per heavy atom. The number of aryl methyl sites for hydroxylation is 1. The molecule has 0 radical (unpaired) electrons. The summed E-state index contributed by atoms with van der Waals surface area (Å²) >= 11 is 1.59. The van der Waals surface area contributed by atoms with Gasteiger partial charge in [0.2, 0.25) is 0 Å². The SMILES string of the molecule is CCc1nc(NN)c(C)c(Sc2ccc(OC)cc2)n1. The predicted molar refractivity (Wildman–Crippen MR) is 81.1 cm³/mol. The molecule has 2 rings (SSSR count). The van der Waals surface area contributed by atoms with E-state index in [0.29, 0.717) is 5.82 Å². The Kier molecular flexibility index (Phi) is 4.81. The molecule has 106 valence electrons. The van der Waals surface area contributed by atoms with Crippen molar-refractivity contribution in [1.29, 1.82) is 0 Å². The van der Waals surface area contributed by atoms with Gasteiger partial charge in [0.05, 0.1) is 7.11 Å². The van der Waals surface area contributed by atoms with Crippen LogP contribution in [0.4, 0.5) is 5.82 Å². The van der Waals surface area contributed by atoms with Gasteiger partial charge in [-0.05, 0) is 31.2 Å². The Balaban J connectivity index is 2.31. The van der Waals surface area contributed by atoms with E-state index in [9.17, 15) is 0 Å². The minimum absolute atomic E-state index is 0.674. The molecular weight excluding hydrogens is 272 g/mol. The lowest BCUT2D eigenvalue weighted by Crippen LogP contribution is -2.13. The summed E-state index contributed by atoms with van der Waals surface area (Å²) in [6.07, 6.45) is 0.769. The fraction of sp³-hybridized carbons (Fsp3) is 0.286. The van der Waals surface area contributed by atoms with Crippen molar-refractivity contribution in [2.24, 2.45) is 5.84 Å². The summed E-state index contributed by atoms with van der Waals surface area (Å²) < 4.78 is 5.15. The van der Waals surface area contributed by atoms with Gasteiger partial charge in [-0.2, -0.15) is 0 Å². The van der Waals surface area contributed by atoms with Crippen molar-refractivity contribution in [3.05, 3.63) is 35.7 Å². The zero-order chi connectivity index (χ0) is 14.5. The summed E-state index contributed by atoms with van der Waals surface area (Å²) in [6.45, 7) is 3.98. The lowest BCUT2D eigenvalue weighted by Gasteiger charge is -2.11. The summed E-state index contributed by atoms with van der Waals surface area (Å²) in [6, 6.07) is 7.88. The molecule has 0 bridgehead atoms. The maximum Gasteiger partial charge on any atom is 0.147 e. The average Bonchev–Trinajstić information content (AvgIpc) is 2.50. The number of anilines is 1. The highest BCUT2D eigenvalue weighted by atomic mass is 32.2. The Morgan fingerprint density at radius 3 is 2.50 bits per heavy atom. The van der Waals surface area contributed by atoms with Crippen LogP contribution in [-0.4, -0.2) is 17.1 Å². The maximum absolute atomic E-state index is 5.51. The van der Waals surface area contributed by atoms with Gasteiger partial charge in [-0.15, -0.1) is 0 Å². The highest BCUT2D eigenvalue weighted by molar-refractivity contribution is 7.99. The topological polar surface area (TPSA) is 73.1 Å². The first-order chi connectivity index (χ1) is 9.67. The minimum Gasteiger partial charge on any atom is -0.497 e. The monoisotopic (exact) mass is 290 g/mol. The van der Waals surface area contributed by atoms with E-state index in [1.54, 1.807) is 18.9 Å². The van der Waals surface area contributed by atoms with Gasteiger partial charge in [-0.1, -0.05) is 18.7 Å². The number of benzene rings is 1.